The number of hydrogen-bond acceptors (Lipinski definition) is 4. The van der Waals surface area contributed by atoms with Crippen molar-refractivity contribution in [3.63, 3.8) is 0 Å². The zero-order valence-electron chi connectivity index (χ0n) is 36.0. The Morgan fingerprint density at radius 1 is 0.303 bits per heavy atom. The lowest BCUT2D eigenvalue weighted by Gasteiger charge is -2.27. The van der Waals surface area contributed by atoms with Crippen molar-refractivity contribution in [2.45, 2.75) is 0 Å². The van der Waals surface area contributed by atoms with Crippen LogP contribution in [0.15, 0.2) is 252 Å². The fraction of sp³-hybridized carbons (Fsp3) is 0. The monoisotopic (exact) mass is 846 g/mol. The SMILES string of the molecule is C=Cc1cc(-c2ccc(N(c3ccccc3)c3ccc4oc5ccccc5c4c3)cc2)cc(N(c2ccc(-c3ccccc3)cc2)c2ccc3oc4c(-c5ccccc5)cccc4c3c2)c1. The van der Waals surface area contributed by atoms with E-state index in [0.29, 0.717) is 0 Å². The lowest BCUT2D eigenvalue weighted by molar-refractivity contribution is 0.669. The molecule has 0 aliphatic carbocycles. The van der Waals surface area contributed by atoms with Crippen molar-refractivity contribution in [1.29, 1.82) is 0 Å². The van der Waals surface area contributed by atoms with Gasteiger partial charge < -0.3 is 18.6 Å². The number of rotatable bonds is 10. The van der Waals surface area contributed by atoms with Crippen molar-refractivity contribution in [1.82, 2.24) is 0 Å². The lowest BCUT2D eigenvalue weighted by Crippen LogP contribution is -2.10. The number of benzene rings is 10. The van der Waals surface area contributed by atoms with Crippen LogP contribution in [0.25, 0.3) is 83.3 Å². The summed E-state index contributed by atoms with van der Waals surface area (Å²) in [6.45, 7) is 4.25. The second-order valence-electron chi connectivity index (χ2n) is 16.6. The van der Waals surface area contributed by atoms with Crippen LogP contribution in [0.1, 0.15) is 5.56 Å². The van der Waals surface area contributed by atoms with Gasteiger partial charge in [0.2, 0.25) is 0 Å². The maximum Gasteiger partial charge on any atom is 0.143 e. The third-order valence-corrected chi connectivity index (χ3v) is 12.6. The van der Waals surface area contributed by atoms with Gasteiger partial charge in [0.15, 0.2) is 0 Å². The van der Waals surface area contributed by atoms with E-state index >= 15 is 0 Å². The van der Waals surface area contributed by atoms with Gasteiger partial charge in [-0.2, -0.15) is 0 Å². The van der Waals surface area contributed by atoms with Crippen molar-refractivity contribution in [3.05, 3.63) is 249 Å². The first-order valence-corrected chi connectivity index (χ1v) is 22.3. The van der Waals surface area contributed by atoms with E-state index in [1.54, 1.807) is 0 Å². The molecule has 0 aliphatic heterocycles. The molecule has 0 fully saturated rings. The number of fused-ring (bicyclic) bond motifs is 6. The second-order valence-corrected chi connectivity index (χ2v) is 16.6. The molecule has 2 aromatic heterocycles. The molecule has 66 heavy (non-hydrogen) atoms. The Morgan fingerprint density at radius 3 is 1.45 bits per heavy atom. The molecule has 4 nitrogen and oxygen atoms in total. The normalized spacial score (nSPS) is 11.4. The molecule has 4 heteroatoms. The predicted molar refractivity (Wildman–Crippen MR) is 277 cm³/mol. The topological polar surface area (TPSA) is 32.8 Å². The maximum atomic E-state index is 6.64. The molecule has 0 aliphatic rings. The number of nitrogens with zero attached hydrogens (tertiary/aromatic N) is 2. The molecule has 12 rings (SSSR count). The quantitative estimate of drug-likeness (QED) is 0.137. The Bertz CT molecular complexity index is 3700. The van der Waals surface area contributed by atoms with E-state index < -0.39 is 0 Å². The first kappa shape index (κ1) is 38.8. The molecule has 0 atom stereocenters. The van der Waals surface area contributed by atoms with Gasteiger partial charge in [-0.25, -0.2) is 0 Å². The van der Waals surface area contributed by atoms with Crippen LogP contribution in [0.2, 0.25) is 0 Å². The first-order valence-electron chi connectivity index (χ1n) is 22.3. The summed E-state index contributed by atoms with van der Waals surface area (Å²) in [5.74, 6) is 0. The highest BCUT2D eigenvalue weighted by Crippen LogP contribution is 2.44. The highest BCUT2D eigenvalue weighted by atomic mass is 16.3. The number of furan rings is 2. The van der Waals surface area contributed by atoms with E-state index in [0.717, 1.165) is 111 Å². The van der Waals surface area contributed by atoms with Crippen LogP contribution in [0, 0.1) is 0 Å². The van der Waals surface area contributed by atoms with Gasteiger partial charge in [0.1, 0.15) is 22.3 Å². The summed E-state index contributed by atoms with van der Waals surface area (Å²) in [6.07, 6.45) is 1.93. The molecule has 0 spiro atoms. The molecule has 0 radical (unpaired) electrons. The van der Waals surface area contributed by atoms with E-state index in [1.807, 2.05) is 24.3 Å². The largest absolute Gasteiger partial charge is 0.456 e. The zero-order chi connectivity index (χ0) is 44.0. The fourth-order valence-electron chi connectivity index (χ4n) is 9.38. The molecule has 12 aromatic rings. The fourth-order valence-corrected chi connectivity index (χ4v) is 9.38. The Hall–Kier alpha value is -8.86. The molecule has 10 aromatic carbocycles. The van der Waals surface area contributed by atoms with Crippen molar-refractivity contribution in [3.8, 4) is 33.4 Å². The summed E-state index contributed by atoms with van der Waals surface area (Å²) in [7, 11) is 0. The smallest absolute Gasteiger partial charge is 0.143 e. The standard InChI is InChI=1S/C62H42N2O2/c1-2-42-37-47(45-27-31-49(32-28-45)63(48-19-10-5-11-20-48)51-33-35-60-57(40-51)55-21-12-13-24-59(55)65-60)39-53(38-42)64(50-29-25-44(26-30-50)43-15-6-3-7-16-43)52-34-36-61-58(41-52)56-23-14-22-54(62(56)66-61)46-17-8-4-9-18-46/h2-41H,1H2. The second kappa shape index (κ2) is 16.4. The Labute approximate surface area is 383 Å². The molecule has 0 saturated heterocycles. The highest BCUT2D eigenvalue weighted by molar-refractivity contribution is 6.11. The van der Waals surface area contributed by atoms with Gasteiger partial charge in [-0.15, -0.1) is 0 Å². The Balaban J connectivity index is 0.969. The van der Waals surface area contributed by atoms with Crippen molar-refractivity contribution < 1.29 is 8.83 Å². The number of para-hydroxylation sites is 3. The van der Waals surface area contributed by atoms with Gasteiger partial charge in [0, 0.05) is 61.2 Å². The summed E-state index contributed by atoms with van der Waals surface area (Å²) in [6, 6.07) is 83.5. The zero-order valence-corrected chi connectivity index (χ0v) is 36.0. The van der Waals surface area contributed by atoms with Crippen molar-refractivity contribution >= 4 is 84.1 Å². The Kier molecular flexibility index (Phi) is 9.62. The number of hydrogen-bond donors (Lipinski definition) is 0. The minimum absolute atomic E-state index is 0.847. The van der Waals surface area contributed by atoms with E-state index in [-0.39, 0.29) is 0 Å². The summed E-state index contributed by atoms with van der Waals surface area (Å²) in [5, 5.41) is 4.33. The molecule has 0 saturated carbocycles. The van der Waals surface area contributed by atoms with Crippen LogP contribution in [0.3, 0.4) is 0 Å². The molecule has 0 amide bonds. The molecular weight excluding hydrogens is 805 g/mol. The van der Waals surface area contributed by atoms with E-state index in [9.17, 15) is 0 Å². The number of anilines is 6. The van der Waals surface area contributed by atoms with Crippen LogP contribution in [-0.2, 0) is 0 Å². The molecule has 0 unspecified atom stereocenters. The third kappa shape index (κ3) is 6.98. The molecule has 312 valence electrons. The lowest BCUT2D eigenvalue weighted by atomic mass is 9.99. The van der Waals surface area contributed by atoms with E-state index in [1.165, 1.54) is 5.56 Å². The minimum Gasteiger partial charge on any atom is -0.456 e. The summed E-state index contributed by atoms with van der Waals surface area (Å²) in [5.41, 5.74) is 17.5. The summed E-state index contributed by atoms with van der Waals surface area (Å²) >= 11 is 0. The minimum atomic E-state index is 0.847. The van der Waals surface area contributed by atoms with Crippen molar-refractivity contribution in [2.75, 3.05) is 9.80 Å². The van der Waals surface area contributed by atoms with E-state index in [2.05, 4.69) is 235 Å². The molecule has 0 N–H and O–H groups in total. The molecular formula is C62H42N2O2. The van der Waals surface area contributed by atoms with Gasteiger partial charge in [0.05, 0.1) is 0 Å². The van der Waals surface area contributed by atoms with Crippen LogP contribution in [0.5, 0.6) is 0 Å². The molecule has 0 bridgehead atoms. The molecule has 2 heterocycles. The summed E-state index contributed by atoms with van der Waals surface area (Å²) < 4.78 is 12.8. The average molecular weight is 847 g/mol. The Morgan fingerprint density at radius 2 is 0.788 bits per heavy atom. The van der Waals surface area contributed by atoms with Crippen molar-refractivity contribution in [2.24, 2.45) is 0 Å². The first-order chi connectivity index (χ1) is 32.6. The van der Waals surface area contributed by atoms with Crippen LogP contribution < -0.4 is 9.80 Å². The highest BCUT2D eigenvalue weighted by Gasteiger charge is 2.20. The van der Waals surface area contributed by atoms with E-state index in [4.69, 9.17) is 8.83 Å². The average Bonchev–Trinajstić information content (AvgIpc) is 3.96. The summed E-state index contributed by atoms with van der Waals surface area (Å²) in [4.78, 5) is 4.64. The maximum absolute atomic E-state index is 6.64. The van der Waals surface area contributed by atoms with Gasteiger partial charge in [-0.1, -0.05) is 152 Å². The van der Waals surface area contributed by atoms with Gasteiger partial charge in [0.25, 0.3) is 0 Å². The predicted octanol–water partition coefficient (Wildman–Crippen LogP) is 18.1. The van der Waals surface area contributed by atoms with Crippen LogP contribution in [0.4, 0.5) is 34.1 Å². The third-order valence-electron chi connectivity index (χ3n) is 12.6. The van der Waals surface area contributed by atoms with Gasteiger partial charge >= 0.3 is 0 Å². The van der Waals surface area contributed by atoms with Gasteiger partial charge in [-0.3, -0.25) is 0 Å². The van der Waals surface area contributed by atoms with Crippen LogP contribution >= 0.6 is 0 Å². The van der Waals surface area contributed by atoms with Crippen LogP contribution in [-0.4, -0.2) is 0 Å². The van der Waals surface area contributed by atoms with Gasteiger partial charge in [-0.05, 0) is 130 Å².